The molecule has 3 aromatic rings. The highest BCUT2D eigenvalue weighted by Crippen LogP contribution is 2.22. The van der Waals surface area contributed by atoms with Crippen LogP contribution in [0.2, 0.25) is 0 Å². The van der Waals surface area contributed by atoms with Crippen molar-refractivity contribution in [3.8, 4) is 11.6 Å². The van der Waals surface area contributed by atoms with Crippen LogP contribution in [0.5, 0.6) is 11.6 Å². The van der Waals surface area contributed by atoms with Crippen LogP contribution >= 0.6 is 0 Å². The van der Waals surface area contributed by atoms with Gasteiger partial charge in [0.2, 0.25) is 27.7 Å². The first-order valence-corrected chi connectivity index (χ1v) is 11.6. The molecule has 0 unspecified atom stereocenters. The van der Waals surface area contributed by atoms with Crippen molar-refractivity contribution in [2.45, 2.75) is 17.7 Å². The van der Waals surface area contributed by atoms with Crippen molar-refractivity contribution in [2.75, 3.05) is 18.9 Å². The second kappa shape index (κ2) is 10.9. The molecule has 0 aliphatic heterocycles. The van der Waals surface area contributed by atoms with Gasteiger partial charge in [-0.2, -0.15) is 0 Å². The molecule has 3 rings (SSSR count). The maximum absolute atomic E-state index is 13.0. The van der Waals surface area contributed by atoms with Gasteiger partial charge in [-0.3, -0.25) is 9.59 Å². The highest BCUT2D eigenvalue weighted by atomic mass is 32.2. The summed E-state index contributed by atoms with van der Waals surface area (Å²) in [4.78, 5) is 27.6. The van der Waals surface area contributed by atoms with Crippen LogP contribution in [0.25, 0.3) is 0 Å². The average Bonchev–Trinajstić information content (AvgIpc) is 2.80. The molecule has 11 heteroatoms. The molecule has 2 amide bonds. The lowest BCUT2D eigenvalue weighted by Gasteiger charge is -2.17. The number of hydrogen-bond acceptors (Lipinski definition) is 6. The Labute approximate surface area is 196 Å². The summed E-state index contributed by atoms with van der Waals surface area (Å²) in [6.07, 6.45) is 1.78. The SMILES string of the molecule is CN(CCCC(=O)Nc1ccc(Oc2cccc(C(N)=O)c2)nc1)S(=O)(=O)c1ccc(F)cc1. The zero-order valence-electron chi connectivity index (χ0n) is 18.3. The van der Waals surface area contributed by atoms with Crippen LogP contribution < -0.4 is 15.8 Å². The lowest BCUT2D eigenvalue weighted by Crippen LogP contribution is -2.28. The number of nitrogens with two attached hydrogens (primary N) is 1. The van der Waals surface area contributed by atoms with Gasteiger partial charge >= 0.3 is 0 Å². The van der Waals surface area contributed by atoms with E-state index in [2.05, 4.69) is 10.3 Å². The van der Waals surface area contributed by atoms with Gasteiger partial charge in [-0.1, -0.05) is 6.07 Å². The van der Waals surface area contributed by atoms with E-state index < -0.39 is 21.7 Å². The Morgan fingerprint density at radius 2 is 1.85 bits per heavy atom. The van der Waals surface area contributed by atoms with Crippen molar-refractivity contribution in [3.63, 3.8) is 0 Å². The van der Waals surface area contributed by atoms with Gasteiger partial charge in [0.05, 0.1) is 16.8 Å². The van der Waals surface area contributed by atoms with Gasteiger partial charge in [0.1, 0.15) is 11.6 Å². The van der Waals surface area contributed by atoms with Crippen molar-refractivity contribution < 1.29 is 27.1 Å². The number of carbonyl (C=O) groups is 2. The van der Waals surface area contributed by atoms with Crippen LogP contribution in [0, 0.1) is 5.82 Å². The van der Waals surface area contributed by atoms with E-state index >= 15 is 0 Å². The van der Waals surface area contributed by atoms with E-state index in [1.54, 1.807) is 30.3 Å². The minimum absolute atomic E-state index is 0.0180. The van der Waals surface area contributed by atoms with Gasteiger partial charge in [-0.05, 0) is 55.0 Å². The van der Waals surface area contributed by atoms with E-state index in [-0.39, 0.29) is 36.1 Å². The summed E-state index contributed by atoms with van der Waals surface area (Å²) in [5.74, 6) is -0.759. The highest BCUT2D eigenvalue weighted by Gasteiger charge is 2.20. The van der Waals surface area contributed by atoms with Gasteiger partial charge in [0.25, 0.3) is 0 Å². The van der Waals surface area contributed by atoms with Crippen molar-refractivity contribution in [3.05, 3.63) is 78.2 Å². The maximum Gasteiger partial charge on any atom is 0.248 e. The van der Waals surface area contributed by atoms with Crippen molar-refractivity contribution in [2.24, 2.45) is 5.73 Å². The molecule has 0 aliphatic carbocycles. The standard InChI is InChI=1S/C23H23FN4O5S/c1-28(34(31,32)20-10-7-17(24)8-11-20)13-3-6-21(29)27-18-9-12-22(26-15-18)33-19-5-2-4-16(14-19)23(25)30/h2,4-5,7-12,14-15H,3,6,13H2,1H3,(H2,25,30)(H,27,29). The largest absolute Gasteiger partial charge is 0.439 e. The zero-order valence-corrected chi connectivity index (χ0v) is 19.1. The van der Waals surface area contributed by atoms with Gasteiger partial charge in [0.15, 0.2) is 0 Å². The fraction of sp³-hybridized carbons (Fsp3) is 0.174. The number of sulfonamides is 1. The number of aromatic nitrogens is 1. The average molecular weight is 487 g/mol. The summed E-state index contributed by atoms with van der Waals surface area (Å²) >= 11 is 0. The fourth-order valence-corrected chi connectivity index (χ4v) is 4.15. The summed E-state index contributed by atoms with van der Waals surface area (Å²) in [5.41, 5.74) is 5.99. The number of nitrogens with one attached hydrogen (secondary N) is 1. The van der Waals surface area contributed by atoms with Gasteiger partial charge in [-0.25, -0.2) is 22.1 Å². The summed E-state index contributed by atoms with van der Waals surface area (Å²) < 4.78 is 44.7. The minimum Gasteiger partial charge on any atom is -0.439 e. The smallest absolute Gasteiger partial charge is 0.248 e. The Bertz CT molecular complexity index is 1270. The molecule has 0 spiro atoms. The minimum atomic E-state index is -3.77. The number of ether oxygens (including phenoxy) is 1. The number of halogens is 1. The predicted octanol–water partition coefficient (Wildman–Crippen LogP) is 3.15. The van der Waals surface area contributed by atoms with E-state index in [0.29, 0.717) is 17.0 Å². The molecule has 0 aliphatic rings. The maximum atomic E-state index is 13.0. The first-order chi connectivity index (χ1) is 16.1. The Kier molecular flexibility index (Phi) is 7.92. The molecule has 0 radical (unpaired) electrons. The Balaban J connectivity index is 1.48. The van der Waals surface area contributed by atoms with Crippen LogP contribution in [0.1, 0.15) is 23.2 Å². The first kappa shape index (κ1) is 24.8. The summed E-state index contributed by atoms with van der Waals surface area (Å²) in [6.45, 7) is 0.114. The van der Waals surface area contributed by atoms with Crippen LogP contribution in [-0.4, -0.2) is 43.1 Å². The zero-order chi connectivity index (χ0) is 24.7. The first-order valence-electron chi connectivity index (χ1n) is 10.2. The molecule has 34 heavy (non-hydrogen) atoms. The number of anilines is 1. The van der Waals surface area contributed by atoms with E-state index in [1.165, 1.54) is 31.4 Å². The fourth-order valence-electron chi connectivity index (χ4n) is 2.94. The number of amides is 2. The normalized spacial score (nSPS) is 11.3. The molecule has 0 saturated carbocycles. The Morgan fingerprint density at radius 3 is 2.50 bits per heavy atom. The van der Waals surface area contributed by atoms with Crippen LogP contribution in [0.3, 0.4) is 0 Å². The molecular weight excluding hydrogens is 463 g/mol. The van der Waals surface area contributed by atoms with Gasteiger partial charge in [0, 0.05) is 31.6 Å². The molecule has 1 aromatic heterocycles. The molecule has 9 nitrogen and oxygen atoms in total. The molecule has 2 aromatic carbocycles. The number of primary amides is 1. The monoisotopic (exact) mass is 486 g/mol. The van der Waals surface area contributed by atoms with Crippen LogP contribution in [0.4, 0.5) is 10.1 Å². The lowest BCUT2D eigenvalue weighted by atomic mass is 10.2. The number of carbonyl (C=O) groups excluding carboxylic acids is 2. The lowest BCUT2D eigenvalue weighted by molar-refractivity contribution is -0.116. The molecule has 0 saturated heterocycles. The number of nitrogens with zero attached hydrogens (tertiary/aromatic N) is 2. The molecule has 1 heterocycles. The van der Waals surface area contributed by atoms with Gasteiger partial charge < -0.3 is 15.8 Å². The summed E-state index contributed by atoms with van der Waals surface area (Å²) in [7, 11) is -2.36. The van der Waals surface area contributed by atoms with Crippen LogP contribution in [0.15, 0.2) is 71.8 Å². The van der Waals surface area contributed by atoms with Crippen LogP contribution in [-0.2, 0) is 14.8 Å². The molecule has 0 atom stereocenters. The Hall–Kier alpha value is -3.83. The summed E-state index contributed by atoms with van der Waals surface area (Å²) in [6, 6.07) is 14.0. The van der Waals surface area contributed by atoms with Crippen molar-refractivity contribution in [1.82, 2.24) is 9.29 Å². The molecular formula is C23H23FN4O5S. The third-order valence-electron chi connectivity index (χ3n) is 4.76. The van der Waals surface area contributed by atoms with Gasteiger partial charge in [-0.15, -0.1) is 0 Å². The third kappa shape index (κ3) is 6.59. The molecule has 0 fully saturated rings. The van der Waals surface area contributed by atoms with E-state index in [1.807, 2.05) is 0 Å². The van der Waals surface area contributed by atoms with Crippen molar-refractivity contribution >= 4 is 27.5 Å². The van der Waals surface area contributed by atoms with Crippen molar-refractivity contribution in [1.29, 1.82) is 0 Å². The second-order valence-corrected chi connectivity index (χ2v) is 9.36. The quantitative estimate of drug-likeness (QED) is 0.453. The number of hydrogen-bond donors (Lipinski definition) is 2. The second-order valence-electron chi connectivity index (χ2n) is 7.31. The third-order valence-corrected chi connectivity index (χ3v) is 6.63. The van der Waals surface area contributed by atoms with E-state index in [9.17, 15) is 22.4 Å². The Morgan fingerprint density at radius 1 is 1.12 bits per heavy atom. The molecule has 3 N–H and O–H groups in total. The predicted molar refractivity (Wildman–Crippen MR) is 123 cm³/mol. The number of rotatable bonds is 10. The van der Waals surface area contributed by atoms with E-state index in [0.717, 1.165) is 16.4 Å². The number of pyridine rings is 1. The summed E-state index contributed by atoms with van der Waals surface area (Å²) in [5, 5.41) is 2.68. The molecule has 0 bridgehead atoms. The molecule has 178 valence electrons. The topological polar surface area (TPSA) is 132 Å². The van der Waals surface area contributed by atoms with E-state index in [4.69, 9.17) is 10.5 Å². The highest BCUT2D eigenvalue weighted by molar-refractivity contribution is 7.89. The number of benzene rings is 2.